The van der Waals surface area contributed by atoms with Crippen LogP contribution in [0.2, 0.25) is 0 Å². The molecule has 0 radical (unpaired) electrons. The molecule has 10 nitrogen and oxygen atoms in total. The Kier molecular flexibility index (Phi) is 6.98. The molecule has 11 heteroatoms. The fraction of sp³-hybridized carbons (Fsp3) is 0.346. The summed E-state index contributed by atoms with van der Waals surface area (Å²) in [6.45, 7) is 2.77. The maximum atomic E-state index is 13.1. The van der Waals surface area contributed by atoms with E-state index in [9.17, 15) is 8.42 Å². The van der Waals surface area contributed by atoms with Crippen LogP contribution in [0.1, 0.15) is 32.6 Å². The summed E-state index contributed by atoms with van der Waals surface area (Å²) in [5, 5.41) is 6.79. The van der Waals surface area contributed by atoms with Gasteiger partial charge in [0.2, 0.25) is 5.95 Å². The highest BCUT2D eigenvalue weighted by Gasteiger charge is 2.22. The summed E-state index contributed by atoms with van der Waals surface area (Å²) in [4.78, 5) is 14.2. The van der Waals surface area contributed by atoms with Crippen LogP contribution in [0.5, 0.6) is 0 Å². The number of nitrogens with zero attached hydrogens (tertiary/aromatic N) is 5. The second-order valence-corrected chi connectivity index (χ2v) is 11.3. The summed E-state index contributed by atoms with van der Waals surface area (Å²) in [6, 6.07) is 16.2. The van der Waals surface area contributed by atoms with Gasteiger partial charge in [0.15, 0.2) is 17.0 Å². The summed E-state index contributed by atoms with van der Waals surface area (Å²) >= 11 is 0. The summed E-state index contributed by atoms with van der Waals surface area (Å²) in [5.74, 6) is 1.10. The van der Waals surface area contributed by atoms with Crippen LogP contribution in [0.25, 0.3) is 11.2 Å². The van der Waals surface area contributed by atoms with Gasteiger partial charge in [-0.2, -0.15) is 9.97 Å². The van der Waals surface area contributed by atoms with Crippen molar-refractivity contribution in [1.29, 1.82) is 0 Å². The Hall–Kier alpha value is -3.70. The molecule has 5 rings (SSSR count). The Balaban J connectivity index is 1.40. The lowest BCUT2D eigenvalue weighted by Crippen LogP contribution is -2.33. The van der Waals surface area contributed by atoms with Crippen LogP contribution in [0.4, 0.5) is 23.1 Å². The number of benzene rings is 2. The van der Waals surface area contributed by atoms with Crippen molar-refractivity contribution in [3.8, 4) is 0 Å². The zero-order chi connectivity index (χ0) is 26.0. The van der Waals surface area contributed by atoms with Gasteiger partial charge in [-0.3, -0.25) is 4.31 Å². The molecule has 0 aliphatic heterocycles. The molecule has 0 amide bonds. The van der Waals surface area contributed by atoms with Crippen molar-refractivity contribution in [3.63, 3.8) is 0 Å². The molecule has 1 aliphatic carbocycles. The number of nitrogens with one attached hydrogen (secondary N) is 2. The van der Waals surface area contributed by atoms with E-state index in [0.717, 1.165) is 37.9 Å². The van der Waals surface area contributed by atoms with Crippen LogP contribution in [-0.2, 0) is 16.6 Å². The second kappa shape index (κ2) is 10.3. The minimum absolute atomic E-state index is 0.199. The van der Waals surface area contributed by atoms with Crippen molar-refractivity contribution in [2.45, 2.75) is 56.1 Å². The number of nitrogens with two attached hydrogens (primary N) is 1. The van der Waals surface area contributed by atoms with E-state index in [-0.39, 0.29) is 17.0 Å². The SMILES string of the molecule is CCn1cnc2c(Nc3ccc(S(=O)(=O)N(C)c4ccccc4)cc3)nc(NC3CCC(N)CC3)nc21. The summed E-state index contributed by atoms with van der Waals surface area (Å²) in [7, 11) is -2.15. The van der Waals surface area contributed by atoms with E-state index in [1.54, 1.807) is 49.8 Å². The monoisotopic (exact) mass is 520 g/mol. The third-order valence-corrected chi connectivity index (χ3v) is 8.60. The normalized spacial score (nSPS) is 18.0. The van der Waals surface area contributed by atoms with Crippen molar-refractivity contribution in [3.05, 3.63) is 60.9 Å². The molecule has 1 fully saturated rings. The van der Waals surface area contributed by atoms with Gasteiger partial charge in [0.25, 0.3) is 10.0 Å². The lowest BCUT2D eigenvalue weighted by molar-refractivity contribution is 0.410. The van der Waals surface area contributed by atoms with Crippen LogP contribution >= 0.6 is 0 Å². The largest absolute Gasteiger partial charge is 0.351 e. The fourth-order valence-electron chi connectivity index (χ4n) is 4.56. The lowest BCUT2D eigenvalue weighted by atomic mass is 9.92. The van der Waals surface area contributed by atoms with Crippen LogP contribution in [0, 0.1) is 0 Å². The van der Waals surface area contributed by atoms with Crippen LogP contribution in [0.15, 0.2) is 65.8 Å². The number of fused-ring (bicyclic) bond motifs is 1. The van der Waals surface area contributed by atoms with Gasteiger partial charge in [0.1, 0.15) is 0 Å². The first-order valence-corrected chi connectivity index (χ1v) is 13.9. The molecule has 4 N–H and O–H groups in total. The van der Waals surface area contributed by atoms with Crippen molar-refractivity contribution in [2.75, 3.05) is 22.0 Å². The van der Waals surface area contributed by atoms with Crippen molar-refractivity contribution in [1.82, 2.24) is 19.5 Å². The van der Waals surface area contributed by atoms with E-state index in [1.165, 1.54) is 4.31 Å². The number of rotatable bonds is 8. The van der Waals surface area contributed by atoms with E-state index in [1.807, 2.05) is 29.7 Å². The number of hydrogen-bond acceptors (Lipinski definition) is 8. The Morgan fingerprint density at radius 1 is 1.03 bits per heavy atom. The molecule has 4 aromatic rings. The van der Waals surface area contributed by atoms with Gasteiger partial charge >= 0.3 is 0 Å². The summed E-state index contributed by atoms with van der Waals surface area (Å²) < 4.78 is 29.5. The standard InChI is InChI=1S/C26H32N8O2S/c1-3-34-17-28-23-24(31-26(32-25(23)34)30-20-11-9-18(27)10-12-20)29-19-13-15-22(16-14-19)37(35,36)33(2)21-7-5-4-6-8-21/h4-8,13-18,20H,3,9-12,27H2,1-2H3,(H2,29,30,31,32). The molecule has 2 heterocycles. The van der Waals surface area contributed by atoms with Gasteiger partial charge in [-0.05, 0) is 69.0 Å². The number of imidazole rings is 1. The smallest absolute Gasteiger partial charge is 0.264 e. The zero-order valence-electron chi connectivity index (χ0n) is 21.0. The molecule has 1 saturated carbocycles. The van der Waals surface area contributed by atoms with E-state index in [2.05, 4.69) is 15.6 Å². The highest BCUT2D eigenvalue weighted by molar-refractivity contribution is 7.92. The Morgan fingerprint density at radius 2 is 1.73 bits per heavy atom. The predicted octanol–water partition coefficient (Wildman–Crippen LogP) is 4.10. The van der Waals surface area contributed by atoms with Crippen molar-refractivity contribution in [2.24, 2.45) is 5.73 Å². The molecule has 0 spiro atoms. The molecular formula is C26H32N8O2S. The first-order valence-electron chi connectivity index (χ1n) is 12.5. The maximum Gasteiger partial charge on any atom is 0.264 e. The second-order valence-electron chi connectivity index (χ2n) is 9.31. The molecule has 37 heavy (non-hydrogen) atoms. The average Bonchev–Trinajstić information content (AvgIpc) is 3.34. The van der Waals surface area contributed by atoms with Crippen LogP contribution in [0.3, 0.4) is 0 Å². The quantitative estimate of drug-likeness (QED) is 0.317. The first-order chi connectivity index (χ1) is 17.8. The molecule has 194 valence electrons. The van der Waals surface area contributed by atoms with E-state index in [0.29, 0.717) is 28.7 Å². The molecule has 0 atom stereocenters. The highest BCUT2D eigenvalue weighted by Crippen LogP contribution is 2.28. The number of aromatic nitrogens is 4. The first kappa shape index (κ1) is 25.0. The van der Waals surface area contributed by atoms with Gasteiger partial charge in [-0.1, -0.05) is 18.2 Å². The number of para-hydroxylation sites is 1. The van der Waals surface area contributed by atoms with E-state index in [4.69, 9.17) is 15.7 Å². The Morgan fingerprint density at radius 3 is 2.41 bits per heavy atom. The summed E-state index contributed by atoms with van der Waals surface area (Å²) in [5.41, 5.74) is 8.74. The van der Waals surface area contributed by atoms with Crippen LogP contribution in [-0.4, -0.2) is 47.1 Å². The highest BCUT2D eigenvalue weighted by atomic mass is 32.2. The lowest BCUT2D eigenvalue weighted by Gasteiger charge is -2.26. The van der Waals surface area contributed by atoms with Crippen molar-refractivity contribution >= 4 is 44.3 Å². The topological polar surface area (TPSA) is 131 Å². The van der Waals surface area contributed by atoms with Gasteiger partial charge in [-0.25, -0.2) is 13.4 Å². The number of hydrogen-bond donors (Lipinski definition) is 3. The molecular weight excluding hydrogens is 488 g/mol. The molecule has 1 aliphatic rings. The van der Waals surface area contributed by atoms with Gasteiger partial charge in [-0.15, -0.1) is 0 Å². The van der Waals surface area contributed by atoms with Gasteiger partial charge in [0.05, 0.1) is 16.9 Å². The molecule has 0 bridgehead atoms. The molecule has 2 aromatic carbocycles. The van der Waals surface area contributed by atoms with Gasteiger partial charge in [0, 0.05) is 31.4 Å². The minimum Gasteiger partial charge on any atom is -0.351 e. The Bertz CT molecular complexity index is 1460. The number of sulfonamides is 1. The number of aryl methyl sites for hydroxylation is 1. The predicted molar refractivity (Wildman–Crippen MR) is 147 cm³/mol. The third kappa shape index (κ3) is 5.23. The molecule has 0 unspecified atom stereocenters. The summed E-state index contributed by atoms with van der Waals surface area (Å²) in [6.07, 6.45) is 5.67. The van der Waals surface area contributed by atoms with Gasteiger partial charge < -0.3 is 20.9 Å². The van der Waals surface area contributed by atoms with E-state index < -0.39 is 10.0 Å². The average molecular weight is 521 g/mol. The molecule has 0 saturated heterocycles. The zero-order valence-corrected chi connectivity index (χ0v) is 21.8. The Labute approximate surface area is 217 Å². The maximum absolute atomic E-state index is 13.1. The number of anilines is 4. The third-order valence-electron chi connectivity index (χ3n) is 6.80. The fourth-order valence-corrected chi connectivity index (χ4v) is 5.75. The van der Waals surface area contributed by atoms with E-state index >= 15 is 0 Å². The van der Waals surface area contributed by atoms with Crippen molar-refractivity contribution < 1.29 is 8.42 Å². The minimum atomic E-state index is -3.70. The van der Waals surface area contributed by atoms with Crippen LogP contribution < -0.4 is 20.7 Å². The molecule has 2 aromatic heterocycles.